The number of allylic oxidation sites excluding steroid dienone is 2. The van der Waals surface area contributed by atoms with Gasteiger partial charge in [0.05, 0.1) is 26.5 Å². The topological polar surface area (TPSA) is 68.1 Å². The number of aliphatic hydroxyl groups excluding tert-OH is 1. The van der Waals surface area contributed by atoms with Crippen molar-refractivity contribution in [2.75, 3.05) is 20.8 Å². The smallest absolute Gasteiger partial charge is 0.164 e. The number of hydrogen-bond donors (Lipinski definition) is 1. The van der Waals surface area contributed by atoms with E-state index in [-0.39, 0.29) is 18.0 Å². The Labute approximate surface area is 158 Å². The van der Waals surface area contributed by atoms with E-state index in [0.717, 1.165) is 11.3 Å². The number of ketones is 1. The summed E-state index contributed by atoms with van der Waals surface area (Å²) in [6.45, 7) is 0.369. The van der Waals surface area contributed by atoms with Gasteiger partial charge in [0.25, 0.3) is 0 Å². The molecule has 1 aliphatic rings. The number of benzene rings is 2. The number of methoxy groups -OCH3 is 2. The fourth-order valence-electron chi connectivity index (χ4n) is 2.81. The lowest BCUT2D eigenvalue weighted by atomic mass is 10.0. The normalized spacial score (nSPS) is 13.8. The Kier molecular flexibility index (Phi) is 5.71. The average Bonchev–Trinajstić information content (AvgIpc) is 3.22. The van der Waals surface area contributed by atoms with Crippen LogP contribution in [0.5, 0.6) is 11.5 Å². The van der Waals surface area contributed by atoms with E-state index in [1.165, 1.54) is 13.2 Å². The Morgan fingerprint density at radius 3 is 2.56 bits per heavy atom. The third-order valence-corrected chi connectivity index (χ3v) is 4.32. The molecule has 1 N–H and O–H groups in total. The molecule has 0 aliphatic carbocycles. The minimum Gasteiger partial charge on any atom is -0.508 e. The van der Waals surface area contributed by atoms with Crippen LogP contribution in [-0.2, 0) is 4.79 Å². The van der Waals surface area contributed by atoms with Crippen molar-refractivity contribution in [2.24, 2.45) is 4.99 Å². The molecule has 1 heterocycles. The molecule has 2 aromatic carbocycles. The highest BCUT2D eigenvalue weighted by Crippen LogP contribution is 2.29. The summed E-state index contributed by atoms with van der Waals surface area (Å²) in [7, 11) is 3.08. The van der Waals surface area contributed by atoms with E-state index in [0.29, 0.717) is 29.2 Å². The second-order valence-electron chi connectivity index (χ2n) is 6.02. The van der Waals surface area contributed by atoms with Crippen molar-refractivity contribution in [1.82, 2.24) is 0 Å². The van der Waals surface area contributed by atoms with Crippen molar-refractivity contribution < 1.29 is 19.4 Å². The van der Waals surface area contributed by atoms with Crippen molar-refractivity contribution in [1.29, 1.82) is 0 Å². The lowest BCUT2D eigenvalue weighted by Gasteiger charge is -2.09. The van der Waals surface area contributed by atoms with E-state index in [2.05, 4.69) is 4.99 Å². The van der Waals surface area contributed by atoms with Crippen LogP contribution < -0.4 is 9.47 Å². The summed E-state index contributed by atoms with van der Waals surface area (Å²) in [4.78, 5) is 16.9. The van der Waals surface area contributed by atoms with Crippen molar-refractivity contribution in [2.45, 2.75) is 6.42 Å². The second kappa shape index (κ2) is 8.36. The Hall–Kier alpha value is -3.34. The van der Waals surface area contributed by atoms with E-state index in [4.69, 9.17) is 9.47 Å². The van der Waals surface area contributed by atoms with Gasteiger partial charge in [-0.2, -0.15) is 0 Å². The first-order valence-electron chi connectivity index (χ1n) is 8.57. The fourth-order valence-corrected chi connectivity index (χ4v) is 2.81. The molecule has 0 atom stereocenters. The first-order chi connectivity index (χ1) is 13.1. The summed E-state index contributed by atoms with van der Waals surface area (Å²) in [5.74, 6) is 1.05. The lowest BCUT2D eigenvalue weighted by Crippen LogP contribution is -2.02. The molecule has 27 heavy (non-hydrogen) atoms. The third-order valence-electron chi connectivity index (χ3n) is 4.32. The molecule has 0 spiro atoms. The number of hydrogen-bond acceptors (Lipinski definition) is 5. The van der Waals surface area contributed by atoms with Gasteiger partial charge in [-0.1, -0.05) is 30.3 Å². The van der Waals surface area contributed by atoms with Crippen molar-refractivity contribution in [3.05, 3.63) is 77.4 Å². The number of aliphatic hydroxyl groups is 1. The highest BCUT2D eigenvalue weighted by molar-refractivity contribution is 6.15. The summed E-state index contributed by atoms with van der Waals surface area (Å²) in [6, 6.07) is 14.8. The maximum absolute atomic E-state index is 12.4. The van der Waals surface area contributed by atoms with Gasteiger partial charge in [-0.25, -0.2) is 0 Å². The van der Waals surface area contributed by atoms with Gasteiger partial charge in [-0.3, -0.25) is 9.79 Å². The van der Waals surface area contributed by atoms with Crippen molar-refractivity contribution in [3.8, 4) is 11.5 Å². The average molecular weight is 363 g/mol. The van der Waals surface area contributed by atoms with Gasteiger partial charge >= 0.3 is 0 Å². The molecule has 0 saturated carbocycles. The Balaban J connectivity index is 1.68. The van der Waals surface area contributed by atoms with E-state index in [9.17, 15) is 9.90 Å². The van der Waals surface area contributed by atoms with Crippen LogP contribution in [0.15, 0.2) is 71.2 Å². The minimum atomic E-state index is -0.0586. The fraction of sp³-hybridized carbons (Fsp3) is 0.182. The van der Waals surface area contributed by atoms with Gasteiger partial charge in [0, 0.05) is 17.6 Å². The number of carbonyl (C=O) groups excluding carboxylic acids is 1. The van der Waals surface area contributed by atoms with E-state index in [1.807, 2.05) is 36.4 Å². The third kappa shape index (κ3) is 4.26. The molecule has 0 bridgehead atoms. The van der Waals surface area contributed by atoms with Crippen molar-refractivity contribution >= 4 is 17.3 Å². The monoisotopic (exact) mass is 363 g/mol. The van der Waals surface area contributed by atoms with Crippen LogP contribution in [0, 0.1) is 0 Å². The Morgan fingerprint density at radius 1 is 1.11 bits per heavy atom. The summed E-state index contributed by atoms with van der Waals surface area (Å²) in [6.07, 6.45) is 3.42. The quantitative estimate of drug-likeness (QED) is 0.755. The molecule has 0 fully saturated rings. The van der Waals surface area contributed by atoms with Crippen LogP contribution in [0.3, 0.4) is 0 Å². The highest BCUT2D eigenvalue weighted by Gasteiger charge is 2.16. The van der Waals surface area contributed by atoms with E-state index >= 15 is 0 Å². The first-order valence-corrected chi connectivity index (χ1v) is 8.57. The lowest BCUT2D eigenvalue weighted by molar-refractivity contribution is -0.114. The van der Waals surface area contributed by atoms with E-state index < -0.39 is 0 Å². The van der Waals surface area contributed by atoms with Crippen LogP contribution in [0.1, 0.15) is 17.5 Å². The SMILES string of the molecule is COc1ccc(/C(O)=C/CC(=O)C2=CC(c3ccccc3)=NC2)cc1OC. The maximum Gasteiger partial charge on any atom is 0.164 e. The van der Waals surface area contributed by atoms with Gasteiger partial charge in [0.1, 0.15) is 5.76 Å². The van der Waals surface area contributed by atoms with Crippen LogP contribution in [0.4, 0.5) is 0 Å². The summed E-state index contributed by atoms with van der Waals surface area (Å²) >= 11 is 0. The van der Waals surface area contributed by atoms with Gasteiger partial charge in [-0.05, 0) is 35.9 Å². The molecule has 0 aromatic heterocycles. The second-order valence-corrected chi connectivity index (χ2v) is 6.02. The predicted octanol–water partition coefficient (Wildman–Crippen LogP) is 3.99. The van der Waals surface area contributed by atoms with Crippen LogP contribution >= 0.6 is 0 Å². The molecule has 0 radical (unpaired) electrons. The molecule has 0 amide bonds. The summed E-state index contributed by atoms with van der Waals surface area (Å²) in [5.41, 5.74) is 3.00. The molecule has 1 aliphatic heterocycles. The molecular formula is C22H21NO4. The first kappa shape index (κ1) is 18.5. The number of ether oxygens (including phenoxy) is 2. The number of carbonyl (C=O) groups is 1. The zero-order valence-corrected chi connectivity index (χ0v) is 15.3. The van der Waals surface area contributed by atoms with Crippen LogP contribution in [0.2, 0.25) is 0 Å². The standard InChI is InChI=1S/C22H21NO4/c1-26-21-11-8-16(13-22(21)27-2)19(24)9-10-20(25)17-12-18(23-14-17)15-6-4-3-5-7-15/h3-9,11-13,24H,10,14H2,1-2H3/b19-9-. The van der Waals surface area contributed by atoms with Gasteiger partial charge < -0.3 is 14.6 Å². The van der Waals surface area contributed by atoms with Gasteiger partial charge in [0.2, 0.25) is 0 Å². The Morgan fingerprint density at radius 2 is 1.85 bits per heavy atom. The van der Waals surface area contributed by atoms with Crippen LogP contribution in [-0.4, -0.2) is 37.4 Å². The number of rotatable bonds is 7. The minimum absolute atomic E-state index is 0.0205. The predicted molar refractivity (Wildman–Crippen MR) is 106 cm³/mol. The number of nitrogens with zero attached hydrogens (tertiary/aromatic N) is 1. The Bertz CT molecular complexity index is 927. The number of Topliss-reactive ketones (excluding diaryl/α,β-unsaturated/α-hetero) is 1. The molecule has 0 unspecified atom stereocenters. The number of aliphatic imine (C=N–C) groups is 1. The van der Waals surface area contributed by atoms with Gasteiger partial charge in [-0.15, -0.1) is 0 Å². The maximum atomic E-state index is 12.4. The van der Waals surface area contributed by atoms with Gasteiger partial charge in [0.15, 0.2) is 17.3 Å². The zero-order valence-electron chi connectivity index (χ0n) is 15.3. The van der Waals surface area contributed by atoms with Crippen LogP contribution in [0.25, 0.3) is 5.76 Å². The molecular weight excluding hydrogens is 342 g/mol. The molecule has 138 valence electrons. The molecule has 2 aromatic rings. The molecule has 3 rings (SSSR count). The molecule has 5 nitrogen and oxygen atoms in total. The highest BCUT2D eigenvalue weighted by atomic mass is 16.5. The van der Waals surface area contributed by atoms with Crippen molar-refractivity contribution in [3.63, 3.8) is 0 Å². The molecule has 5 heteroatoms. The van der Waals surface area contributed by atoms with E-state index in [1.54, 1.807) is 25.3 Å². The largest absolute Gasteiger partial charge is 0.508 e. The zero-order chi connectivity index (χ0) is 19.2. The summed E-state index contributed by atoms with van der Waals surface area (Å²) < 4.78 is 10.4. The summed E-state index contributed by atoms with van der Waals surface area (Å²) in [5, 5.41) is 10.3. The molecule has 0 saturated heterocycles.